The Labute approximate surface area is 106 Å². The van der Waals surface area contributed by atoms with Crippen molar-refractivity contribution in [3.63, 3.8) is 0 Å². The average Bonchev–Trinajstić information content (AvgIpc) is 2.74. The Morgan fingerprint density at radius 1 is 1.11 bits per heavy atom. The molecule has 7 heteroatoms. The minimum absolute atomic E-state index is 0.241. The molecule has 2 rings (SSSR count). The monoisotopic (exact) mass is 264 g/mol. The number of thiophene rings is 1. The van der Waals surface area contributed by atoms with Crippen molar-refractivity contribution < 1.29 is 9.85 Å². The van der Waals surface area contributed by atoms with Crippen LogP contribution < -0.4 is 0 Å². The van der Waals surface area contributed by atoms with Crippen molar-refractivity contribution in [2.24, 2.45) is 0 Å². The van der Waals surface area contributed by atoms with Gasteiger partial charge in [0.2, 0.25) is 0 Å². The highest BCUT2D eigenvalue weighted by molar-refractivity contribution is 7.13. The van der Waals surface area contributed by atoms with Gasteiger partial charge >= 0.3 is 0 Å². The van der Waals surface area contributed by atoms with Gasteiger partial charge < -0.3 is 0 Å². The zero-order valence-corrected chi connectivity index (χ0v) is 10.1. The Morgan fingerprint density at radius 3 is 2.33 bits per heavy atom. The number of hydrogen-bond donors (Lipinski definition) is 0. The molecule has 0 fully saturated rings. The Balaban J connectivity index is 2.65. The molecule has 0 atom stereocenters. The van der Waals surface area contributed by atoms with Crippen LogP contribution in [0.2, 0.25) is 0 Å². The molecule has 1 aromatic heterocycles. The van der Waals surface area contributed by atoms with Crippen LogP contribution in [0.1, 0.15) is 5.56 Å². The van der Waals surface area contributed by atoms with E-state index in [4.69, 9.17) is 0 Å². The molecule has 18 heavy (non-hydrogen) atoms. The van der Waals surface area contributed by atoms with Gasteiger partial charge in [-0.1, -0.05) is 0 Å². The Hall–Kier alpha value is -2.28. The number of nitro benzene ring substituents is 2. The minimum atomic E-state index is -0.641. The summed E-state index contributed by atoms with van der Waals surface area (Å²) >= 11 is 1.37. The van der Waals surface area contributed by atoms with Crippen LogP contribution in [0, 0.1) is 27.2 Å². The highest BCUT2D eigenvalue weighted by Gasteiger charge is 2.21. The van der Waals surface area contributed by atoms with E-state index in [1.54, 1.807) is 0 Å². The molecule has 0 unspecified atom stereocenters. The summed E-state index contributed by atoms with van der Waals surface area (Å²) in [6.45, 7) is 1.84. The Kier molecular flexibility index (Phi) is 3.07. The highest BCUT2D eigenvalue weighted by Crippen LogP contribution is 2.37. The molecular formula is C11H8N2O4S. The fourth-order valence-corrected chi connectivity index (χ4v) is 2.59. The Morgan fingerprint density at radius 2 is 1.83 bits per heavy atom. The normalized spacial score (nSPS) is 10.3. The Bertz CT molecular complexity index is 636. The van der Waals surface area contributed by atoms with Gasteiger partial charge in [0.05, 0.1) is 21.5 Å². The van der Waals surface area contributed by atoms with Crippen LogP contribution in [0.4, 0.5) is 11.4 Å². The first kappa shape index (κ1) is 12.2. The van der Waals surface area contributed by atoms with Crippen molar-refractivity contribution in [2.45, 2.75) is 6.92 Å². The number of benzene rings is 1. The van der Waals surface area contributed by atoms with Crippen molar-refractivity contribution in [1.29, 1.82) is 0 Å². The van der Waals surface area contributed by atoms with Gasteiger partial charge in [-0.25, -0.2) is 0 Å². The van der Waals surface area contributed by atoms with E-state index in [-0.39, 0.29) is 11.4 Å². The number of aryl methyl sites for hydroxylation is 1. The van der Waals surface area contributed by atoms with Gasteiger partial charge in [-0.15, -0.1) is 11.3 Å². The van der Waals surface area contributed by atoms with E-state index in [1.807, 2.05) is 18.4 Å². The summed E-state index contributed by atoms with van der Waals surface area (Å²) in [5.41, 5.74) is 0.810. The molecule has 6 nitrogen and oxygen atoms in total. The second kappa shape index (κ2) is 4.53. The van der Waals surface area contributed by atoms with E-state index in [0.717, 1.165) is 16.5 Å². The summed E-state index contributed by atoms with van der Waals surface area (Å²) in [4.78, 5) is 21.1. The molecule has 1 heterocycles. The van der Waals surface area contributed by atoms with E-state index in [9.17, 15) is 20.2 Å². The third-order valence-electron chi connectivity index (χ3n) is 2.50. The van der Waals surface area contributed by atoms with Crippen molar-refractivity contribution in [2.75, 3.05) is 0 Å². The van der Waals surface area contributed by atoms with Crippen LogP contribution in [0.25, 0.3) is 10.4 Å². The topological polar surface area (TPSA) is 86.3 Å². The predicted molar refractivity (Wildman–Crippen MR) is 67.8 cm³/mol. The van der Waals surface area contributed by atoms with E-state index in [2.05, 4.69) is 0 Å². The van der Waals surface area contributed by atoms with E-state index < -0.39 is 9.85 Å². The molecule has 0 aliphatic rings. The van der Waals surface area contributed by atoms with Crippen molar-refractivity contribution in [1.82, 2.24) is 0 Å². The predicted octanol–water partition coefficient (Wildman–Crippen LogP) is 3.54. The second-order valence-electron chi connectivity index (χ2n) is 3.65. The van der Waals surface area contributed by atoms with Gasteiger partial charge in [0.1, 0.15) is 0 Å². The molecule has 92 valence electrons. The fourth-order valence-electron chi connectivity index (χ4n) is 1.63. The lowest BCUT2D eigenvalue weighted by Crippen LogP contribution is -1.95. The maximum absolute atomic E-state index is 11.0. The van der Waals surface area contributed by atoms with Gasteiger partial charge in [-0.2, -0.15) is 0 Å². The molecule has 0 amide bonds. The summed E-state index contributed by atoms with van der Waals surface area (Å²) < 4.78 is 0. The lowest BCUT2D eigenvalue weighted by molar-refractivity contribution is -0.393. The standard InChI is InChI=1S/C11H8N2O4S/c1-7-4-5-18-11(7)9-3-2-8(12(14)15)6-10(9)13(16)17/h2-6H,1H3. The first-order valence-corrected chi connectivity index (χ1v) is 5.86. The third-order valence-corrected chi connectivity index (χ3v) is 3.55. The van der Waals surface area contributed by atoms with E-state index >= 15 is 0 Å². The second-order valence-corrected chi connectivity index (χ2v) is 4.56. The third kappa shape index (κ3) is 2.07. The number of non-ortho nitro benzene ring substituents is 1. The number of nitro groups is 2. The summed E-state index contributed by atoms with van der Waals surface area (Å²) in [7, 11) is 0. The molecule has 0 N–H and O–H groups in total. The molecule has 0 bridgehead atoms. The van der Waals surface area contributed by atoms with E-state index in [1.165, 1.54) is 23.5 Å². The number of nitrogens with zero attached hydrogens (tertiary/aromatic N) is 2. The SMILES string of the molecule is Cc1ccsc1-c1ccc([N+](=O)[O-])cc1[N+](=O)[O-]. The lowest BCUT2D eigenvalue weighted by Gasteiger charge is -2.02. The summed E-state index contributed by atoms with van der Waals surface area (Å²) in [6, 6.07) is 5.55. The maximum atomic E-state index is 11.0. The molecule has 0 saturated heterocycles. The van der Waals surface area contributed by atoms with Gasteiger partial charge in [0.25, 0.3) is 11.4 Å². The lowest BCUT2D eigenvalue weighted by atomic mass is 10.1. The van der Waals surface area contributed by atoms with Crippen LogP contribution >= 0.6 is 11.3 Å². The molecular weight excluding hydrogens is 256 g/mol. The molecule has 0 saturated carbocycles. The fraction of sp³-hybridized carbons (Fsp3) is 0.0909. The summed E-state index contributed by atoms with van der Waals surface area (Å²) in [6.07, 6.45) is 0. The number of rotatable bonds is 3. The maximum Gasteiger partial charge on any atom is 0.284 e. The first-order chi connectivity index (χ1) is 8.50. The van der Waals surface area contributed by atoms with Gasteiger partial charge in [0.15, 0.2) is 0 Å². The van der Waals surface area contributed by atoms with E-state index in [0.29, 0.717) is 5.56 Å². The van der Waals surface area contributed by atoms with Crippen molar-refractivity contribution in [3.8, 4) is 10.4 Å². The van der Waals surface area contributed by atoms with Gasteiger partial charge in [0, 0.05) is 10.9 Å². The molecule has 2 aromatic rings. The van der Waals surface area contributed by atoms with Crippen LogP contribution in [0.3, 0.4) is 0 Å². The zero-order valence-electron chi connectivity index (χ0n) is 9.32. The molecule has 0 aliphatic carbocycles. The van der Waals surface area contributed by atoms with Crippen molar-refractivity contribution in [3.05, 3.63) is 55.4 Å². The summed E-state index contributed by atoms with van der Waals surface area (Å²) in [5, 5.41) is 23.4. The molecule has 0 spiro atoms. The van der Waals surface area contributed by atoms with Crippen LogP contribution in [0.15, 0.2) is 29.6 Å². The largest absolute Gasteiger partial charge is 0.284 e. The minimum Gasteiger partial charge on any atom is -0.258 e. The van der Waals surface area contributed by atoms with Crippen molar-refractivity contribution >= 4 is 22.7 Å². The smallest absolute Gasteiger partial charge is 0.258 e. The molecule has 1 aromatic carbocycles. The highest BCUT2D eigenvalue weighted by atomic mass is 32.1. The number of hydrogen-bond acceptors (Lipinski definition) is 5. The molecule has 0 radical (unpaired) electrons. The first-order valence-electron chi connectivity index (χ1n) is 4.98. The summed E-state index contributed by atoms with van der Waals surface area (Å²) in [5.74, 6) is 0. The van der Waals surface area contributed by atoms with Crippen LogP contribution in [0.5, 0.6) is 0 Å². The molecule has 0 aliphatic heterocycles. The zero-order chi connectivity index (χ0) is 13.3. The van der Waals surface area contributed by atoms with Gasteiger partial charge in [-0.05, 0) is 30.0 Å². The van der Waals surface area contributed by atoms with Crippen LogP contribution in [-0.4, -0.2) is 9.85 Å². The quantitative estimate of drug-likeness (QED) is 0.626. The average molecular weight is 264 g/mol. The van der Waals surface area contributed by atoms with Gasteiger partial charge in [-0.3, -0.25) is 20.2 Å². The van der Waals surface area contributed by atoms with Crippen LogP contribution in [-0.2, 0) is 0 Å².